The Morgan fingerprint density at radius 2 is 1.80 bits per heavy atom. The molecule has 2 aromatic carbocycles. The number of carbonyl (C=O) groups excluding carboxylic acids is 1. The monoisotopic (exact) mass is 335 g/mol. The Morgan fingerprint density at radius 1 is 1.08 bits per heavy atom. The molecule has 0 fully saturated rings. The van der Waals surface area contributed by atoms with Crippen molar-refractivity contribution >= 4 is 5.91 Å². The van der Waals surface area contributed by atoms with E-state index in [4.69, 9.17) is 4.74 Å². The molecule has 0 aliphatic heterocycles. The van der Waals surface area contributed by atoms with E-state index >= 15 is 0 Å². The fraction of sp³-hybridized carbons (Fsp3) is 0.200. The molecule has 0 bridgehead atoms. The Kier molecular flexibility index (Phi) is 5.14. The summed E-state index contributed by atoms with van der Waals surface area (Å²) in [4.78, 5) is 12.4. The molecule has 5 nitrogen and oxygen atoms in total. The number of hydrogen-bond acceptors (Lipinski definition) is 3. The van der Waals surface area contributed by atoms with Gasteiger partial charge in [0.15, 0.2) is 0 Å². The molecule has 1 aromatic heterocycles. The normalized spacial score (nSPS) is 10.5. The van der Waals surface area contributed by atoms with E-state index < -0.39 is 0 Å². The van der Waals surface area contributed by atoms with E-state index in [1.165, 1.54) is 0 Å². The van der Waals surface area contributed by atoms with E-state index in [2.05, 4.69) is 15.5 Å². The number of aryl methyl sites for hydroxylation is 2. The number of nitrogens with one attached hydrogen (secondary N) is 2. The maximum atomic E-state index is 12.4. The smallest absolute Gasteiger partial charge is 0.255 e. The lowest BCUT2D eigenvalue weighted by atomic mass is 10.1. The summed E-state index contributed by atoms with van der Waals surface area (Å²) in [6.07, 6.45) is 1.55. The lowest BCUT2D eigenvalue weighted by molar-refractivity contribution is 0.0947. The van der Waals surface area contributed by atoms with Crippen molar-refractivity contribution in [3.8, 4) is 17.0 Å². The van der Waals surface area contributed by atoms with Crippen LogP contribution in [0.25, 0.3) is 11.3 Å². The van der Waals surface area contributed by atoms with Crippen molar-refractivity contribution in [3.05, 3.63) is 71.4 Å². The van der Waals surface area contributed by atoms with Gasteiger partial charge >= 0.3 is 0 Å². The Balaban J connectivity index is 1.58. The number of hydrogen-bond donors (Lipinski definition) is 2. The zero-order valence-electron chi connectivity index (χ0n) is 14.4. The molecule has 3 aromatic rings. The highest BCUT2D eigenvalue weighted by Gasteiger charge is 2.14. The van der Waals surface area contributed by atoms with Crippen molar-refractivity contribution in [2.75, 3.05) is 13.2 Å². The number of carbonyl (C=O) groups is 1. The zero-order chi connectivity index (χ0) is 17.6. The summed E-state index contributed by atoms with van der Waals surface area (Å²) in [5.41, 5.74) is 4.35. The van der Waals surface area contributed by atoms with Crippen LogP contribution in [0.4, 0.5) is 0 Å². The average molecular weight is 335 g/mol. The van der Waals surface area contributed by atoms with Crippen molar-refractivity contribution in [2.24, 2.45) is 0 Å². The predicted octanol–water partition coefficient (Wildman–Crippen LogP) is 3.50. The average Bonchev–Trinajstić information content (AvgIpc) is 3.11. The van der Waals surface area contributed by atoms with Crippen molar-refractivity contribution in [1.29, 1.82) is 0 Å². The number of aromatic nitrogens is 2. The minimum absolute atomic E-state index is 0.169. The van der Waals surface area contributed by atoms with Crippen LogP contribution in [0.5, 0.6) is 5.75 Å². The molecule has 25 heavy (non-hydrogen) atoms. The molecule has 2 N–H and O–H groups in total. The molecule has 0 spiro atoms. The third kappa shape index (κ3) is 3.88. The molecule has 128 valence electrons. The van der Waals surface area contributed by atoms with Gasteiger partial charge in [0.2, 0.25) is 0 Å². The summed E-state index contributed by atoms with van der Waals surface area (Å²) in [5, 5.41) is 9.77. The molecule has 3 rings (SSSR count). The van der Waals surface area contributed by atoms with E-state index in [-0.39, 0.29) is 5.91 Å². The fourth-order valence-corrected chi connectivity index (χ4v) is 2.72. The second-order valence-electron chi connectivity index (χ2n) is 5.85. The highest BCUT2D eigenvalue weighted by Crippen LogP contribution is 2.22. The summed E-state index contributed by atoms with van der Waals surface area (Å²) in [6, 6.07) is 15.7. The Hall–Kier alpha value is -3.08. The van der Waals surface area contributed by atoms with E-state index in [1.807, 2.05) is 62.4 Å². The van der Waals surface area contributed by atoms with Gasteiger partial charge in [0.1, 0.15) is 12.4 Å². The maximum absolute atomic E-state index is 12.4. The topological polar surface area (TPSA) is 67.0 Å². The number of amides is 1. The molecule has 0 radical (unpaired) electrons. The molecule has 0 saturated carbocycles. The highest BCUT2D eigenvalue weighted by molar-refractivity contribution is 5.99. The van der Waals surface area contributed by atoms with Crippen molar-refractivity contribution in [3.63, 3.8) is 0 Å². The van der Waals surface area contributed by atoms with Gasteiger partial charge in [0.05, 0.1) is 24.0 Å². The molecule has 1 amide bonds. The number of aromatic amines is 1. The number of nitrogens with zero attached hydrogens (tertiary/aromatic N) is 1. The van der Waals surface area contributed by atoms with Crippen LogP contribution in [-0.4, -0.2) is 29.3 Å². The summed E-state index contributed by atoms with van der Waals surface area (Å²) in [6.45, 7) is 4.86. The van der Waals surface area contributed by atoms with Crippen LogP contribution >= 0.6 is 0 Å². The minimum atomic E-state index is -0.169. The van der Waals surface area contributed by atoms with Gasteiger partial charge in [0.25, 0.3) is 5.91 Å². The second kappa shape index (κ2) is 7.66. The Labute approximate surface area is 147 Å². The molecule has 0 atom stereocenters. The standard InChI is InChI=1S/C20H21N3O2/c1-14-7-6-8-15(2)19(14)25-12-11-21-20(24)17-13-22-23-18(17)16-9-4-3-5-10-16/h3-10,13H,11-12H2,1-2H3,(H,21,24)(H,22,23). The fourth-order valence-electron chi connectivity index (χ4n) is 2.72. The van der Waals surface area contributed by atoms with Gasteiger partial charge in [-0.05, 0) is 25.0 Å². The molecule has 5 heteroatoms. The zero-order valence-corrected chi connectivity index (χ0v) is 14.4. The Morgan fingerprint density at radius 3 is 2.52 bits per heavy atom. The number of ether oxygens (including phenoxy) is 1. The molecule has 0 unspecified atom stereocenters. The van der Waals surface area contributed by atoms with Crippen LogP contribution in [0.15, 0.2) is 54.7 Å². The third-order valence-electron chi connectivity index (χ3n) is 3.99. The van der Waals surface area contributed by atoms with Gasteiger partial charge < -0.3 is 10.1 Å². The summed E-state index contributed by atoms with van der Waals surface area (Å²) in [5.74, 6) is 0.711. The van der Waals surface area contributed by atoms with E-state index in [1.54, 1.807) is 6.20 Å². The molecule has 0 aliphatic rings. The first-order valence-corrected chi connectivity index (χ1v) is 8.23. The van der Waals surface area contributed by atoms with Gasteiger partial charge in [-0.15, -0.1) is 0 Å². The SMILES string of the molecule is Cc1cccc(C)c1OCCNC(=O)c1cn[nH]c1-c1ccccc1. The van der Waals surface area contributed by atoms with Gasteiger partial charge in [-0.3, -0.25) is 9.89 Å². The number of benzene rings is 2. The van der Waals surface area contributed by atoms with E-state index in [0.717, 1.165) is 22.4 Å². The van der Waals surface area contributed by atoms with Crippen molar-refractivity contribution < 1.29 is 9.53 Å². The lowest BCUT2D eigenvalue weighted by Gasteiger charge is -2.12. The first-order valence-electron chi connectivity index (χ1n) is 8.23. The molecule has 0 aliphatic carbocycles. The molecule has 1 heterocycles. The van der Waals surface area contributed by atoms with Crippen LogP contribution in [0.3, 0.4) is 0 Å². The first kappa shape index (κ1) is 16.8. The Bertz CT molecular complexity index is 836. The van der Waals surface area contributed by atoms with Crippen molar-refractivity contribution in [1.82, 2.24) is 15.5 Å². The highest BCUT2D eigenvalue weighted by atomic mass is 16.5. The number of para-hydroxylation sites is 1. The second-order valence-corrected chi connectivity index (χ2v) is 5.85. The number of rotatable bonds is 6. The minimum Gasteiger partial charge on any atom is -0.491 e. The van der Waals surface area contributed by atoms with Crippen molar-refractivity contribution in [2.45, 2.75) is 13.8 Å². The molecular weight excluding hydrogens is 314 g/mol. The van der Waals surface area contributed by atoms with Crippen LogP contribution in [0, 0.1) is 13.8 Å². The van der Waals surface area contributed by atoms with Crippen LogP contribution in [-0.2, 0) is 0 Å². The maximum Gasteiger partial charge on any atom is 0.255 e. The third-order valence-corrected chi connectivity index (χ3v) is 3.99. The van der Waals surface area contributed by atoms with Crippen LogP contribution < -0.4 is 10.1 Å². The van der Waals surface area contributed by atoms with Gasteiger partial charge in [0, 0.05) is 5.56 Å². The first-order chi connectivity index (χ1) is 12.2. The summed E-state index contributed by atoms with van der Waals surface area (Å²) < 4.78 is 5.81. The van der Waals surface area contributed by atoms with Gasteiger partial charge in [-0.2, -0.15) is 5.10 Å². The van der Waals surface area contributed by atoms with Crippen LogP contribution in [0.1, 0.15) is 21.5 Å². The van der Waals surface area contributed by atoms with Crippen LogP contribution in [0.2, 0.25) is 0 Å². The van der Waals surface area contributed by atoms with Gasteiger partial charge in [-0.25, -0.2) is 0 Å². The van der Waals surface area contributed by atoms with E-state index in [9.17, 15) is 4.79 Å². The predicted molar refractivity (Wildman–Crippen MR) is 97.8 cm³/mol. The largest absolute Gasteiger partial charge is 0.491 e. The summed E-state index contributed by atoms with van der Waals surface area (Å²) >= 11 is 0. The molecular formula is C20H21N3O2. The quantitative estimate of drug-likeness (QED) is 0.678. The molecule has 0 saturated heterocycles. The number of H-pyrrole nitrogens is 1. The summed E-state index contributed by atoms with van der Waals surface area (Å²) in [7, 11) is 0. The van der Waals surface area contributed by atoms with E-state index in [0.29, 0.717) is 24.4 Å². The lowest BCUT2D eigenvalue weighted by Crippen LogP contribution is -2.28. The van der Waals surface area contributed by atoms with Gasteiger partial charge in [-0.1, -0.05) is 48.5 Å².